The van der Waals surface area contributed by atoms with E-state index < -0.39 is 0 Å². The van der Waals surface area contributed by atoms with E-state index in [2.05, 4.69) is 0 Å². The quantitative estimate of drug-likeness (QED) is 0.502. The van der Waals surface area contributed by atoms with Gasteiger partial charge in [0.15, 0.2) is 28.8 Å². The summed E-state index contributed by atoms with van der Waals surface area (Å²) in [6.45, 7) is 0. The highest BCUT2D eigenvalue weighted by Gasteiger charge is 2.23. The third-order valence-electron chi connectivity index (χ3n) is 3.93. The lowest BCUT2D eigenvalue weighted by molar-refractivity contribution is -0.111. The van der Waals surface area contributed by atoms with Gasteiger partial charge >= 0.3 is 0 Å². The highest BCUT2D eigenvalue weighted by atomic mass is 16.3. The first-order valence-corrected chi connectivity index (χ1v) is 7.44. The number of allylic oxidation sites excluding steroid dienone is 2. The molecule has 1 fully saturated rings. The average molecular weight is 324 g/mol. The number of rotatable bonds is 2. The van der Waals surface area contributed by atoms with Gasteiger partial charge in [-0.05, 0) is 60.4 Å². The SMILES string of the molecule is O=C1C(=Cc2ccc(O)c(O)c2)CCC1=Cc1ccc(O)c(O)c1. The van der Waals surface area contributed by atoms with Gasteiger partial charge in [-0.15, -0.1) is 0 Å². The lowest BCUT2D eigenvalue weighted by atomic mass is 10.1. The number of carbonyl (C=O) groups is 1. The van der Waals surface area contributed by atoms with Crippen LogP contribution >= 0.6 is 0 Å². The molecule has 0 heterocycles. The van der Waals surface area contributed by atoms with Crippen LogP contribution in [-0.2, 0) is 4.79 Å². The monoisotopic (exact) mass is 324 g/mol. The molecular formula is C19H16O5. The molecule has 0 aromatic heterocycles. The number of Topliss-reactive ketones (excluding diaryl/α,β-unsaturated/α-hetero) is 1. The van der Waals surface area contributed by atoms with Crippen LogP contribution in [0.1, 0.15) is 24.0 Å². The molecule has 0 spiro atoms. The Bertz CT molecular complexity index is 806. The van der Waals surface area contributed by atoms with Crippen molar-refractivity contribution in [3.05, 3.63) is 58.7 Å². The highest BCUT2D eigenvalue weighted by Crippen LogP contribution is 2.33. The predicted molar refractivity (Wildman–Crippen MR) is 89.7 cm³/mol. The minimum Gasteiger partial charge on any atom is -0.504 e. The van der Waals surface area contributed by atoms with Crippen LogP contribution in [0.3, 0.4) is 0 Å². The Morgan fingerprint density at radius 1 is 0.667 bits per heavy atom. The molecule has 1 saturated carbocycles. The fourth-order valence-corrected chi connectivity index (χ4v) is 2.64. The van der Waals surface area contributed by atoms with Gasteiger partial charge in [-0.3, -0.25) is 4.79 Å². The summed E-state index contributed by atoms with van der Waals surface area (Å²) in [5.74, 6) is -0.962. The standard InChI is InChI=1S/C19H16O5/c20-15-5-1-11(9-17(15)22)7-13-3-4-14(19(13)24)8-12-2-6-16(21)18(23)10-12/h1-2,5-10,20-23H,3-4H2. The van der Waals surface area contributed by atoms with Crippen LogP contribution in [0.15, 0.2) is 47.5 Å². The molecule has 0 aliphatic heterocycles. The minimum atomic E-state index is -0.231. The second kappa shape index (κ2) is 6.12. The van der Waals surface area contributed by atoms with E-state index in [9.17, 15) is 25.2 Å². The normalized spacial score (nSPS) is 17.8. The Labute approximate surface area is 138 Å². The van der Waals surface area contributed by atoms with Crippen LogP contribution in [0.4, 0.5) is 0 Å². The van der Waals surface area contributed by atoms with Gasteiger partial charge in [-0.2, -0.15) is 0 Å². The zero-order valence-corrected chi connectivity index (χ0v) is 12.7. The first-order chi connectivity index (χ1) is 11.4. The number of hydrogen-bond acceptors (Lipinski definition) is 5. The first-order valence-electron chi connectivity index (χ1n) is 7.44. The summed E-state index contributed by atoms with van der Waals surface area (Å²) in [4.78, 5) is 12.5. The Morgan fingerprint density at radius 2 is 1.08 bits per heavy atom. The molecule has 24 heavy (non-hydrogen) atoms. The lowest BCUT2D eigenvalue weighted by Gasteiger charge is -2.01. The molecule has 2 aromatic carbocycles. The van der Waals surface area contributed by atoms with Crippen LogP contribution in [0, 0.1) is 0 Å². The fraction of sp³-hybridized carbons (Fsp3) is 0.105. The second-order valence-electron chi connectivity index (χ2n) is 5.66. The Hall–Kier alpha value is -3.21. The minimum absolute atomic E-state index is 0.0878. The molecule has 3 rings (SSSR count). The van der Waals surface area contributed by atoms with Gasteiger partial charge in [0.25, 0.3) is 0 Å². The Morgan fingerprint density at radius 3 is 1.46 bits per heavy atom. The summed E-state index contributed by atoms with van der Waals surface area (Å²) in [6.07, 6.45) is 4.54. The van der Waals surface area contributed by atoms with Crippen LogP contribution < -0.4 is 0 Å². The second-order valence-corrected chi connectivity index (χ2v) is 5.66. The van der Waals surface area contributed by atoms with Crippen molar-refractivity contribution in [1.29, 1.82) is 0 Å². The molecule has 122 valence electrons. The maximum Gasteiger partial charge on any atom is 0.185 e. The fourth-order valence-electron chi connectivity index (χ4n) is 2.64. The zero-order chi connectivity index (χ0) is 17.3. The molecule has 1 aliphatic carbocycles. The topological polar surface area (TPSA) is 98.0 Å². The maximum atomic E-state index is 12.5. The van der Waals surface area contributed by atoms with Crippen LogP contribution in [-0.4, -0.2) is 26.2 Å². The van der Waals surface area contributed by atoms with Crippen LogP contribution in [0.2, 0.25) is 0 Å². The maximum absolute atomic E-state index is 12.5. The van der Waals surface area contributed by atoms with Gasteiger partial charge in [0.2, 0.25) is 0 Å². The van der Waals surface area contributed by atoms with E-state index in [1.165, 1.54) is 24.3 Å². The van der Waals surface area contributed by atoms with E-state index in [4.69, 9.17) is 0 Å². The molecule has 1 aliphatic rings. The summed E-state index contributed by atoms with van der Waals surface area (Å²) < 4.78 is 0. The van der Waals surface area contributed by atoms with Crippen molar-refractivity contribution in [2.75, 3.05) is 0 Å². The largest absolute Gasteiger partial charge is 0.504 e. The summed E-state index contributed by atoms with van der Waals surface area (Å²) in [7, 11) is 0. The Balaban J connectivity index is 1.86. The van der Waals surface area contributed by atoms with E-state index in [0.29, 0.717) is 35.1 Å². The molecule has 0 radical (unpaired) electrons. The smallest absolute Gasteiger partial charge is 0.185 e. The van der Waals surface area contributed by atoms with Crippen molar-refractivity contribution in [3.8, 4) is 23.0 Å². The summed E-state index contributed by atoms with van der Waals surface area (Å²) in [6, 6.07) is 8.78. The molecular weight excluding hydrogens is 308 g/mol. The molecule has 5 heteroatoms. The van der Waals surface area contributed by atoms with E-state index >= 15 is 0 Å². The number of phenols is 4. The van der Waals surface area contributed by atoms with E-state index in [1.807, 2.05) is 0 Å². The number of aromatic hydroxyl groups is 4. The molecule has 0 unspecified atom stereocenters. The lowest BCUT2D eigenvalue weighted by Crippen LogP contribution is -1.95. The molecule has 2 aromatic rings. The van der Waals surface area contributed by atoms with Crippen molar-refractivity contribution >= 4 is 17.9 Å². The molecule has 0 bridgehead atoms. The highest BCUT2D eigenvalue weighted by molar-refractivity contribution is 6.15. The van der Waals surface area contributed by atoms with Crippen LogP contribution in [0.25, 0.3) is 12.2 Å². The van der Waals surface area contributed by atoms with Gasteiger partial charge in [-0.25, -0.2) is 0 Å². The molecule has 5 nitrogen and oxygen atoms in total. The third kappa shape index (κ3) is 3.10. The van der Waals surface area contributed by atoms with E-state index in [1.54, 1.807) is 24.3 Å². The van der Waals surface area contributed by atoms with Crippen molar-refractivity contribution in [2.24, 2.45) is 0 Å². The molecule has 0 saturated heterocycles. The molecule has 0 atom stereocenters. The van der Waals surface area contributed by atoms with Crippen molar-refractivity contribution < 1.29 is 25.2 Å². The summed E-state index contributed by atoms with van der Waals surface area (Å²) in [5, 5.41) is 37.7. The molecule has 4 N–H and O–H groups in total. The number of ketones is 1. The number of phenolic OH excluding ortho intramolecular Hbond substituents is 4. The van der Waals surface area contributed by atoms with Gasteiger partial charge in [0, 0.05) is 11.1 Å². The van der Waals surface area contributed by atoms with Crippen molar-refractivity contribution in [3.63, 3.8) is 0 Å². The number of carbonyl (C=O) groups excluding carboxylic acids is 1. The molecule has 0 amide bonds. The van der Waals surface area contributed by atoms with Crippen molar-refractivity contribution in [1.82, 2.24) is 0 Å². The average Bonchev–Trinajstić information content (AvgIpc) is 2.88. The van der Waals surface area contributed by atoms with Crippen molar-refractivity contribution in [2.45, 2.75) is 12.8 Å². The summed E-state index contributed by atoms with van der Waals surface area (Å²) >= 11 is 0. The van der Waals surface area contributed by atoms with Gasteiger partial charge in [-0.1, -0.05) is 12.1 Å². The van der Waals surface area contributed by atoms with Crippen LogP contribution in [0.5, 0.6) is 23.0 Å². The third-order valence-corrected chi connectivity index (χ3v) is 3.93. The van der Waals surface area contributed by atoms with E-state index in [-0.39, 0.29) is 28.8 Å². The zero-order valence-electron chi connectivity index (χ0n) is 12.7. The van der Waals surface area contributed by atoms with Gasteiger partial charge in [0.1, 0.15) is 0 Å². The first kappa shape index (κ1) is 15.7. The van der Waals surface area contributed by atoms with E-state index in [0.717, 1.165) is 0 Å². The summed E-state index contributed by atoms with van der Waals surface area (Å²) in [5.41, 5.74) is 2.51. The number of hydrogen-bond donors (Lipinski definition) is 4. The predicted octanol–water partition coefficient (Wildman–Crippen LogP) is 3.34. The van der Waals surface area contributed by atoms with Gasteiger partial charge in [0.05, 0.1) is 0 Å². The number of benzene rings is 2. The Kier molecular flexibility index (Phi) is 4.00. The van der Waals surface area contributed by atoms with Gasteiger partial charge < -0.3 is 20.4 Å².